The summed E-state index contributed by atoms with van der Waals surface area (Å²) >= 11 is 0. The topological polar surface area (TPSA) is 68.7 Å². The molecule has 1 aromatic carbocycles. The average molecular weight is 405 g/mol. The Balaban J connectivity index is 1.81. The number of aromatic nitrogens is 2. The van der Waals surface area contributed by atoms with E-state index < -0.39 is 6.23 Å². The lowest BCUT2D eigenvalue weighted by atomic mass is 9.93. The third-order valence-electron chi connectivity index (χ3n) is 4.97. The summed E-state index contributed by atoms with van der Waals surface area (Å²) in [6.07, 6.45) is 6.13. The Kier molecular flexibility index (Phi) is 5.35. The summed E-state index contributed by atoms with van der Waals surface area (Å²) in [7, 11) is 3.29. The van der Waals surface area contributed by atoms with E-state index in [-0.39, 0.29) is 5.60 Å². The standard InChI is InChI=1S/C24H27N3O3/c1-24(2,3)30-21-13-15(18-14-26-23-16(18)9-7-11-25-23)12-19(27-21)17-8-6-10-20(28-4)22(17)29-5/h6-11,13-14,21H,12H2,1-5H3,(H,25,26). The van der Waals surface area contributed by atoms with Gasteiger partial charge >= 0.3 is 0 Å². The number of nitrogens with zero attached hydrogens (tertiary/aromatic N) is 2. The smallest absolute Gasteiger partial charge is 0.169 e. The predicted molar refractivity (Wildman–Crippen MR) is 119 cm³/mol. The minimum atomic E-state index is -0.402. The second-order valence-corrected chi connectivity index (χ2v) is 8.21. The molecule has 0 bridgehead atoms. The monoisotopic (exact) mass is 405 g/mol. The predicted octanol–water partition coefficient (Wildman–Crippen LogP) is 5.00. The first-order valence-electron chi connectivity index (χ1n) is 9.98. The van der Waals surface area contributed by atoms with Crippen LogP contribution in [0.25, 0.3) is 16.6 Å². The highest BCUT2D eigenvalue weighted by Gasteiger charge is 2.26. The zero-order valence-electron chi connectivity index (χ0n) is 18.0. The van der Waals surface area contributed by atoms with Crippen molar-refractivity contribution in [2.24, 2.45) is 4.99 Å². The molecule has 0 saturated carbocycles. The van der Waals surface area contributed by atoms with Gasteiger partial charge in [-0.3, -0.25) is 4.99 Å². The summed E-state index contributed by atoms with van der Waals surface area (Å²) in [4.78, 5) is 12.6. The van der Waals surface area contributed by atoms with E-state index in [0.717, 1.165) is 33.4 Å². The van der Waals surface area contributed by atoms with Crippen molar-refractivity contribution in [1.29, 1.82) is 0 Å². The van der Waals surface area contributed by atoms with Crippen molar-refractivity contribution in [3.8, 4) is 11.5 Å². The molecule has 0 radical (unpaired) electrons. The van der Waals surface area contributed by atoms with E-state index in [9.17, 15) is 0 Å². The number of benzene rings is 1. The molecule has 0 amide bonds. The molecular formula is C24H27N3O3. The first kappa shape index (κ1) is 20.2. The lowest BCUT2D eigenvalue weighted by molar-refractivity contribution is -0.0340. The molecule has 4 rings (SSSR count). The largest absolute Gasteiger partial charge is 0.493 e. The normalized spacial score (nSPS) is 16.9. The molecule has 0 spiro atoms. The van der Waals surface area contributed by atoms with Crippen LogP contribution in [0.2, 0.25) is 0 Å². The number of pyridine rings is 1. The van der Waals surface area contributed by atoms with Crippen molar-refractivity contribution < 1.29 is 14.2 Å². The van der Waals surface area contributed by atoms with Gasteiger partial charge in [0.1, 0.15) is 5.65 Å². The molecule has 1 aliphatic rings. The molecule has 0 aliphatic carbocycles. The van der Waals surface area contributed by atoms with Gasteiger partial charge in [-0.05, 0) is 56.7 Å². The Hall–Kier alpha value is -3.12. The number of rotatable bonds is 5. The number of hydrogen-bond donors (Lipinski definition) is 1. The van der Waals surface area contributed by atoms with Gasteiger partial charge in [-0.1, -0.05) is 6.07 Å². The number of fused-ring (bicyclic) bond motifs is 1. The highest BCUT2D eigenvalue weighted by molar-refractivity contribution is 6.11. The fraction of sp³-hybridized carbons (Fsp3) is 0.333. The summed E-state index contributed by atoms with van der Waals surface area (Å²) in [5.74, 6) is 1.36. The number of aromatic amines is 1. The molecule has 156 valence electrons. The van der Waals surface area contributed by atoms with E-state index in [1.165, 1.54) is 0 Å². The van der Waals surface area contributed by atoms with Crippen molar-refractivity contribution in [2.45, 2.75) is 39.0 Å². The zero-order valence-corrected chi connectivity index (χ0v) is 18.0. The zero-order chi connectivity index (χ0) is 21.3. The molecule has 30 heavy (non-hydrogen) atoms. The summed E-state index contributed by atoms with van der Waals surface area (Å²) in [5.41, 5.74) is 4.58. The maximum atomic E-state index is 6.24. The summed E-state index contributed by atoms with van der Waals surface area (Å²) in [6, 6.07) is 9.87. The van der Waals surface area contributed by atoms with Crippen LogP contribution in [0, 0.1) is 0 Å². The first-order chi connectivity index (χ1) is 14.4. The molecule has 1 atom stereocenters. The number of para-hydroxylation sites is 1. The summed E-state index contributed by atoms with van der Waals surface area (Å²) in [5, 5.41) is 1.08. The van der Waals surface area contributed by atoms with Crippen molar-refractivity contribution in [3.05, 3.63) is 59.9 Å². The van der Waals surface area contributed by atoms with Gasteiger partial charge in [0.2, 0.25) is 0 Å². The fourth-order valence-electron chi connectivity index (χ4n) is 3.76. The number of hydrogen-bond acceptors (Lipinski definition) is 5. The highest BCUT2D eigenvalue weighted by Crippen LogP contribution is 2.37. The Labute approximate surface area is 176 Å². The van der Waals surface area contributed by atoms with Gasteiger partial charge in [-0.2, -0.15) is 0 Å². The molecule has 1 aliphatic heterocycles. The van der Waals surface area contributed by atoms with Crippen LogP contribution in [0.15, 0.2) is 53.8 Å². The van der Waals surface area contributed by atoms with Crippen LogP contribution in [0.3, 0.4) is 0 Å². The highest BCUT2D eigenvalue weighted by atomic mass is 16.5. The molecule has 1 N–H and O–H groups in total. The van der Waals surface area contributed by atoms with Crippen molar-refractivity contribution in [3.63, 3.8) is 0 Å². The van der Waals surface area contributed by atoms with Crippen LogP contribution >= 0.6 is 0 Å². The number of aliphatic imine (C=N–C) groups is 1. The number of ether oxygens (including phenoxy) is 3. The number of dihydropyridines is 1. The van der Waals surface area contributed by atoms with Gasteiger partial charge in [0, 0.05) is 35.3 Å². The average Bonchev–Trinajstić information content (AvgIpc) is 3.15. The molecule has 3 heterocycles. The van der Waals surface area contributed by atoms with E-state index in [1.807, 2.05) is 51.2 Å². The van der Waals surface area contributed by atoms with E-state index in [1.54, 1.807) is 20.4 Å². The molecule has 2 aromatic heterocycles. The molecule has 6 heteroatoms. The van der Waals surface area contributed by atoms with Crippen LogP contribution in [-0.2, 0) is 4.74 Å². The Morgan fingerprint density at radius 1 is 1.03 bits per heavy atom. The number of allylic oxidation sites excluding steroid dienone is 1. The Morgan fingerprint density at radius 3 is 2.60 bits per heavy atom. The molecule has 1 unspecified atom stereocenters. The molecule has 0 saturated heterocycles. The maximum absolute atomic E-state index is 6.24. The molecule has 6 nitrogen and oxygen atoms in total. The van der Waals surface area contributed by atoms with Crippen LogP contribution < -0.4 is 9.47 Å². The van der Waals surface area contributed by atoms with Crippen LogP contribution in [-0.4, -0.2) is 41.7 Å². The van der Waals surface area contributed by atoms with Gasteiger partial charge in [-0.25, -0.2) is 4.98 Å². The van der Waals surface area contributed by atoms with Gasteiger partial charge in [0.25, 0.3) is 0 Å². The Bertz CT molecular complexity index is 1120. The third-order valence-corrected chi connectivity index (χ3v) is 4.97. The summed E-state index contributed by atoms with van der Waals surface area (Å²) < 4.78 is 17.4. The number of nitrogens with one attached hydrogen (secondary N) is 1. The van der Waals surface area contributed by atoms with E-state index in [0.29, 0.717) is 17.9 Å². The minimum absolute atomic E-state index is 0.335. The van der Waals surface area contributed by atoms with E-state index in [4.69, 9.17) is 19.2 Å². The van der Waals surface area contributed by atoms with Crippen LogP contribution in [0.4, 0.5) is 0 Å². The maximum Gasteiger partial charge on any atom is 0.169 e. The first-order valence-corrected chi connectivity index (χ1v) is 9.98. The van der Waals surface area contributed by atoms with Gasteiger partial charge in [0.15, 0.2) is 17.7 Å². The quantitative estimate of drug-likeness (QED) is 0.649. The van der Waals surface area contributed by atoms with Gasteiger partial charge in [-0.15, -0.1) is 0 Å². The van der Waals surface area contributed by atoms with Crippen molar-refractivity contribution in [2.75, 3.05) is 14.2 Å². The number of H-pyrrole nitrogens is 1. The second kappa shape index (κ2) is 7.95. The van der Waals surface area contributed by atoms with Crippen molar-refractivity contribution in [1.82, 2.24) is 9.97 Å². The molecule has 0 fully saturated rings. The molecular weight excluding hydrogens is 378 g/mol. The summed E-state index contributed by atoms with van der Waals surface area (Å²) in [6.45, 7) is 6.10. The third kappa shape index (κ3) is 3.96. The minimum Gasteiger partial charge on any atom is -0.493 e. The second-order valence-electron chi connectivity index (χ2n) is 8.21. The van der Waals surface area contributed by atoms with Crippen LogP contribution in [0.1, 0.15) is 38.3 Å². The fourth-order valence-corrected chi connectivity index (χ4v) is 3.76. The number of methoxy groups -OCH3 is 2. The van der Waals surface area contributed by atoms with Crippen LogP contribution in [0.5, 0.6) is 11.5 Å². The molecule has 3 aromatic rings. The van der Waals surface area contributed by atoms with Crippen molar-refractivity contribution >= 4 is 22.3 Å². The Morgan fingerprint density at radius 2 is 1.87 bits per heavy atom. The van der Waals surface area contributed by atoms with Gasteiger partial charge < -0.3 is 19.2 Å². The van der Waals surface area contributed by atoms with E-state index in [2.05, 4.69) is 22.1 Å². The van der Waals surface area contributed by atoms with Gasteiger partial charge in [0.05, 0.1) is 25.5 Å². The lowest BCUT2D eigenvalue weighted by Crippen LogP contribution is -2.28. The SMILES string of the molecule is COc1cccc(C2=NC(OC(C)(C)C)C=C(c3c[nH]c4ncccc34)C2)c1OC. The van der Waals surface area contributed by atoms with E-state index >= 15 is 0 Å². The lowest BCUT2D eigenvalue weighted by Gasteiger charge is -2.28.